The summed E-state index contributed by atoms with van der Waals surface area (Å²) in [4.78, 5) is 28.8. The van der Waals surface area contributed by atoms with Crippen molar-refractivity contribution in [3.05, 3.63) is 106 Å². The third-order valence-corrected chi connectivity index (χ3v) is 7.37. The van der Waals surface area contributed by atoms with Crippen LogP contribution in [0.5, 0.6) is 0 Å². The molecule has 0 saturated carbocycles. The van der Waals surface area contributed by atoms with Gasteiger partial charge in [-0.15, -0.1) is 11.8 Å². The van der Waals surface area contributed by atoms with Gasteiger partial charge in [-0.05, 0) is 36.6 Å². The lowest BCUT2D eigenvalue weighted by Crippen LogP contribution is -2.51. The Hall–Kier alpha value is -2.83. The number of thioether (sulfide) groups is 1. The van der Waals surface area contributed by atoms with Gasteiger partial charge in [-0.3, -0.25) is 9.59 Å². The highest BCUT2D eigenvalue weighted by Crippen LogP contribution is 2.25. The highest BCUT2D eigenvalue weighted by molar-refractivity contribution is 7.99. The fourth-order valence-electron chi connectivity index (χ4n) is 4.06. The Morgan fingerprint density at radius 3 is 2.46 bits per heavy atom. The van der Waals surface area contributed by atoms with Crippen molar-refractivity contribution < 1.29 is 14.0 Å². The smallest absolute Gasteiger partial charge is 0.243 e. The van der Waals surface area contributed by atoms with E-state index in [0.29, 0.717) is 30.1 Å². The van der Waals surface area contributed by atoms with Gasteiger partial charge in [0.05, 0.1) is 5.75 Å². The van der Waals surface area contributed by atoms with Crippen LogP contribution in [0.25, 0.3) is 0 Å². The number of aryl methyl sites for hydroxylation is 1. The van der Waals surface area contributed by atoms with Crippen LogP contribution in [-0.4, -0.2) is 35.1 Å². The van der Waals surface area contributed by atoms with E-state index in [9.17, 15) is 14.0 Å². The normalized spacial score (nSPS) is 11.7. The number of nitrogens with zero attached hydrogens (tertiary/aromatic N) is 1. The number of benzene rings is 3. The maximum absolute atomic E-state index is 14.2. The molecule has 0 aliphatic heterocycles. The molecule has 0 heterocycles. The van der Waals surface area contributed by atoms with Gasteiger partial charge in [-0.1, -0.05) is 91.2 Å². The fraction of sp³-hybridized carbons (Fsp3) is 0.333. The molecule has 1 N–H and O–H groups in total. The fourth-order valence-corrected chi connectivity index (χ4v) is 5.31. The van der Waals surface area contributed by atoms with Crippen LogP contribution in [0.2, 0.25) is 5.02 Å². The molecule has 3 aromatic carbocycles. The van der Waals surface area contributed by atoms with E-state index in [-0.39, 0.29) is 29.1 Å². The van der Waals surface area contributed by atoms with E-state index in [1.54, 1.807) is 17.0 Å². The molecule has 0 radical (unpaired) electrons. The predicted octanol–water partition coefficient (Wildman–Crippen LogP) is 6.58. The molecule has 0 bridgehead atoms. The van der Waals surface area contributed by atoms with Crippen LogP contribution in [0.4, 0.5) is 4.39 Å². The molecule has 0 spiro atoms. The zero-order valence-corrected chi connectivity index (χ0v) is 23.0. The molecule has 2 amide bonds. The van der Waals surface area contributed by atoms with E-state index in [4.69, 9.17) is 11.6 Å². The van der Waals surface area contributed by atoms with Crippen molar-refractivity contribution in [1.82, 2.24) is 10.2 Å². The predicted molar refractivity (Wildman–Crippen MR) is 151 cm³/mol. The summed E-state index contributed by atoms with van der Waals surface area (Å²) >= 11 is 7.46. The van der Waals surface area contributed by atoms with E-state index >= 15 is 0 Å². The number of hydrogen-bond acceptors (Lipinski definition) is 3. The summed E-state index contributed by atoms with van der Waals surface area (Å²) in [5, 5.41) is 3.37. The summed E-state index contributed by atoms with van der Waals surface area (Å²) in [6, 6.07) is 21.6. The number of hydrogen-bond donors (Lipinski definition) is 1. The van der Waals surface area contributed by atoms with E-state index in [1.807, 2.05) is 61.5 Å². The van der Waals surface area contributed by atoms with Gasteiger partial charge in [0.1, 0.15) is 11.9 Å². The van der Waals surface area contributed by atoms with Crippen LogP contribution in [0.1, 0.15) is 42.0 Å². The topological polar surface area (TPSA) is 49.4 Å². The summed E-state index contributed by atoms with van der Waals surface area (Å²) < 4.78 is 14.2. The molecular formula is C30H34ClFN2O2S. The van der Waals surface area contributed by atoms with Crippen molar-refractivity contribution in [2.24, 2.45) is 0 Å². The van der Waals surface area contributed by atoms with E-state index in [0.717, 1.165) is 29.5 Å². The molecule has 0 fully saturated rings. The number of unbranched alkanes of at least 4 members (excludes halogenated alkanes) is 1. The van der Waals surface area contributed by atoms with Crippen molar-refractivity contribution in [1.29, 1.82) is 0 Å². The number of carbonyl (C=O) groups excluding carboxylic acids is 2. The van der Waals surface area contributed by atoms with Gasteiger partial charge in [-0.2, -0.15) is 0 Å². The van der Waals surface area contributed by atoms with Gasteiger partial charge < -0.3 is 10.2 Å². The highest BCUT2D eigenvalue weighted by Gasteiger charge is 2.30. The van der Waals surface area contributed by atoms with Gasteiger partial charge in [-0.25, -0.2) is 4.39 Å². The van der Waals surface area contributed by atoms with Crippen LogP contribution in [0.15, 0.2) is 72.8 Å². The monoisotopic (exact) mass is 540 g/mol. The second-order valence-corrected chi connectivity index (χ2v) is 10.4. The maximum Gasteiger partial charge on any atom is 0.243 e. The first-order valence-electron chi connectivity index (χ1n) is 12.6. The Balaban J connectivity index is 1.85. The zero-order valence-electron chi connectivity index (χ0n) is 21.4. The molecule has 0 aliphatic carbocycles. The minimum absolute atomic E-state index is 0.101. The minimum atomic E-state index is -0.676. The van der Waals surface area contributed by atoms with Crippen LogP contribution in [-0.2, 0) is 28.3 Å². The van der Waals surface area contributed by atoms with Crippen molar-refractivity contribution in [2.45, 2.75) is 51.4 Å². The van der Waals surface area contributed by atoms with Gasteiger partial charge in [0.2, 0.25) is 11.8 Å². The Morgan fingerprint density at radius 1 is 1.03 bits per heavy atom. The minimum Gasteiger partial charge on any atom is -0.354 e. The van der Waals surface area contributed by atoms with E-state index in [2.05, 4.69) is 12.2 Å². The summed E-state index contributed by atoms with van der Waals surface area (Å²) in [5.41, 5.74) is 3.40. The molecule has 37 heavy (non-hydrogen) atoms. The van der Waals surface area contributed by atoms with Crippen LogP contribution >= 0.6 is 23.4 Å². The largest absolute Gasteiger partial charge is 0.354 e. The number of halogens is 2. The molecule has 0 aromatic heterocycles. The number of amides is 2. The lowest BCUT2D eigenvalue weighted by Gasteiger charge is -2.31. The molecule has 0 unspecified atom stereocenters. The van der Waals surface area contributed by atoms with Crippen molar-refractivity contribution in [3.63, 3.8) is 0 Å². The molecular weight excluding hydrogens is 507 g/mol. The maximum atomic E-state index is 14.2. The standard InChI is InChI=1S/C30H34ClFN2O2S/c1-3-4-16-33-30(36)28(18-23-11-6-5-7-12-23)34(19-24-13-8-10-22(2)17-24)29(35)21-37-20-25-26(31)14-9-15-27(25)32/h5-15,17,28H,3-4,16,18-21H2,1-2H3,(H,33,36)/t28-/m1/s1. The van der Waals surface area contributed by atoms with Crippen molar-refractivity contribution in [2.75, 3.05) is 12.3 Å². The van der Waals surface area contributed by atoms with Crippen molar-refractivity contribution in [3.8, 4) is 0 Å². The highest BCUT2D eigenvalue weighted by atomic mass is 35.5. The number of nitrogens with one attached hydrogen (secondary N) is 1. The van der Waals surface area contributed by atoms with Gasteiger partial charge in [0.15, 0.2) is 0 Å². The van der Waals surface area contributed by atoms with Gasteiger partial charge >= 0.3 is 0 Å². The molecule has 4 nitrogen and oxygen atoms in total. The first-order chi connectivity index (χ1) is 17.9. The second kappa shape index (κ2) is 14.8. The second-order valence-electron chi connectivity index (χ2n) is 9.05. The average Bonchev–Trinajstić information content (AvgIpc) is 2.88. The average molecular weight is 541 g/mol. The summed E-state index contributed by atoms with van der Waals surface area (Å²) in [6.07, 6.45) is 2.24. The van der Waals surface area contributed by atoms with Crippen LogP contribution < -0.4 is 5.32 Å². The number of carbonyl (C=O) groups is 2. The van der Waals surface area contributed by atoms with Gasteiger partial charge in [0.25, 0.3) is 0 Å². The SMILES string of the molecule is CCCCNC(=O)[C@@H](Cc1ccccc1)N(Cc1cccc(C)c1)C(=O)CSCc1c(F)cccc1Cl. The van der Waals surface area contributed by atoms with Gasteiger partial charge in [0, 0.05) is 35.8 Å². The Kier molecular flexibility index (Phi) is 11.5. The molecule has 1 atom stereocenters. The zero-order chi connectivity index (χ0) is 26.6. The van der Waals surface area contributed by atoms with E-state index < -0.39 is 6.04 Å². The summed E-state index contributed by atoms with van der Waals surface area (Å²) in [6.45, 7) is 4.94. The van der Waals surface area contributed by atoms with Crippen molar-refractivity contribution >= 4 is 35.2 Å². The molecule has 3 aromatic rings. The molecule has 3 rings (SSSR count). The first-order valence-corrected chi connectivity index (χ1v) is 14.1. The third-order valence-electron chi connectivity index (χ3n) is 6.07. The number of rotatable bonds is 13. The molecule has 0 aliphatic rings. The quantitative estimate of drug-likeness (QED) is 0.249. The van der Waals surface area contributed by atoms with Crippen LogP contribution in [0.3, 0.4) is 0 Å². The summed E-state index contributed by atoms with van der Waals surface area (Å²) in [5.74, 6) is -0.363. The Bertz CT molecular complexity index is 1160. The molecule has 7 heteroatoms. The van der Waals surface area contributed by atoms with Crippen LogP contribution in [0, 0.1) is 12.7 Å². The lowest BCUT2D eigenvalue weighted by atomic mass is 10.0. The lowest BCUT2D eigenvalue weighted by molar-refractivity contribution is -0.139. The Morgan fingerprint density at radius 2 is 1.76 bits per heavy atom. The molecule has 0 saturated heterocycles. The van der Waals surface area contributed by atoms with E-state index in [1.165, 1.54) is 17.8 Å². The first kappa shape index (κ1) is 28.7. The Labute approximate surface area is 228 Å². The molecule has 196 valence electrons. The third kappa shape index (κ3) is 8.90. The summed E-state index contributed by atoms with van der Waals surface area (Å²) in [7, 11) is 0.